The number of carbonyl (C=O) groups is 2. The Bertz CT molecular complexity index is 1040. The molecule has 0 aromatic rings. The molecule has 172 valence electrons. The van der Waals surface area contributed by atoms with Crippen molar-refractivity contribution in [3.05, 3.63) is 34.9 Å². The van der Waals surface area contributed by atoms with Crippen LogP contribution in [-0.2, 0) is 9.59 Å². The van der Waals surface area contributed by atoms with Gasteiger partial charge in [0.05, 0.1) is 0 Å². The third kappa shape index (κ3) is 2.28. The molecule has 5 saturated carbocycles. The van der Waals surface area contributed by atoms with Crippen molar-refractivity contribution in [2.75, 3.05) is 0 Å². The summed E-state index contributed by atoms with van der Waals surface area (Å²) in [5.41, 5.74) is 3.71. The predicted molar refractivity (Wildman–Crippen MR) is 128 cm³/mol. The van der Waals surface area contributed by atoms with Crippen molar-refractivity contribution in [2.24, 2.45) is 44.8 Å². The minimum Gasteiger partial charge on any atom is -0.294 e. The number of hydrogen-bond acceptors (Lipinski definition) is 2. The molecular formula is C30H40O2. The highest BCUT2D eigenvalue weighted by atomic mass is 16.1. The van der Waals surface area contributed by atoms with Crippen molar-refractivity contribution in [3.63, 3.8) is 0 Å². The molecule has 0 radical (unpaired) electrons. The van der Waals surface area contributed by atoms with Crippen LogP contribution in [0.5, 0.6) is 0 Å². The van der Waals surface area contributed by atoms with E-state index >= 15 is 0 Å². The number of Topliss-reactive ketones (excluding diaryl/α,β-unsaturated/α-hetero) is 2. The van der Waals surface area contributed by atoms with E-state index in [9.17, 15) is 9.59 Å². The first-order valence-corrected chi connectivity index (χ1v) is 13.1. The molecule has 0 aliphatic heterocycles. The molecule has 6 aliphatic carbocycles. The Morgan fingerprint density at radius 2 is 1.38 bits per heavy atom. The van der Waals surface area contributed by atoms with Crippen LogP contribution < -0.4 is 0 Å². The zero-order chi connectivity index (χ0) is 22.9. The van der Waals surface area contributed by atoms with Crippen molar-refractivity contribution in [3.8, 4) is 0 Å². The fourth-order valence-electron chi connectivity index (χ4n) is 8.88. The smallest absolute Gasteiger partial charge is 0.165 e. The lowest BCUT2D eigenvalue weighted by Gasteiger charge is -2.31. The number of ketones is 2. The summed E-state index contributed by atoms with van der Waals surface area (Å²) in [5, 5.41) is 0. The van der Waals surface area contributed by atoms with Crippen LogP contribution in [-0.4, -0.2) is 11.6 Å². The van der Waals surface area contributed by atoms with Gasteiger partial charge in [-0.1, -0.05) is 65.3 Å². The van der Waals surface area contributed by atoms with Gasteiger partial charge in [-0.3, -0.25) is 9.59 Å². The van der Waals surface area contributed by atoms with Crippen LogP contribution in [0.4, 0.5) is 0 Å². The highest BCUT2D eigenvalue weighted by Crippen LogP contribution is 2.69. The molecule has 6 aliphatic rings. The van der Waals surface area contributed by atoms with Crippen LogP contribution in [0.1, 0.15) is 92.9 Å². The lowest BCUT2D eigenvalue weighted by molar-refractivity contribution is -0.126. The molecule has 0 aromatic heterocycles. The second kappa shape index (κ2) is 5.97. The summed E-state index contributed by atoms with van der Waals surface area (Å²) in [6.45, 7) is 13.6. The molecular weight excluding hydrogens is 392 g/mol. The van der Waals surface area contributed by atoms with E-state index < -0.39 is 0 Å². The van der Waals surface area contributed by atoms with Crippen LogP contribution >= 0.6 is 0 Å². The average molecular weight is 433 g/mol. The van der Waals surface area contributed by atoms with Gasteiger partial charge in [0.15, 0.2) is 11.6 Å². The van der Waals surface area contributed by atoms with Gasteiger partial charge in [0.1, 0.15) is 0 Å². The van der Waals surface area contributed by atoms with Crippen molar-refractivity contribution in [1.29, 1.82) is 0 Å². The monoisotopic (exact) mass is 432 g/mol. The van der Waals surface area contributed by atoms with Gasteiger partial charge in [-0.05, 0) is 96.5 Å². The van der Waals surface area contributed by atoms with Crippen LogP contribution in [0, 0.1) is 44.8 Å². The largest absolute Gasteiger partial charge is 0.294 e. The summed E-state index contributed by atoms with van der Waals surface area (Å²) < 4.78 is 0. The Morgan fingerprint density at radius 3 is 1.91 bits per heavy atom. The molecule has 0 N–H and O–H groups in total. The summed E-state index contributed by atoms with van der Waals surface area (Å²) in [6.07, 6.45) is 16.3. The van der Waals surface area contributed by atoms with E-state index in [4.69, 9.17) is 0 Å². The molecule has 0 heterocycles. The van der Waals surface area contributed by atoms with Crippen molar-refractivity contribution in [1.82, 2.24) is 0 Å². The Kier molecular flexibility index (Phi) is 3.94. The molecule has 2 heteroatoms. The summed E-state index contributed by atoms with van der Waals surface area (Å²) in [7, 11) is 0. The quantitative estimate of drug-likeness (QED) is 0.440. The molecule has 4 bridgehead atoms. The highest BCUT2D eigenvalue weighted by Gasteiger charge is 2.66. The average Bonchev–Trinajstić information content (AvgIpc) is 3.19. The topological polar surface area (TPSA) is 34.1 Å². The van der Waals surface area contributed by atoms with Crippen molar-refractivity contribution < 1.29 is 9.59 Å². The lowest BCUT2D eigenvalue weighted by Crippen LogP contribution is -2.32. The number of fused-ring (bicyclic) bond motifs is 5. The van der Waals surface area contributed by atoms with Gasteiger partial charge in [-0.2, -0.15) is 0 Å². The number of hydrogen-bond donors (Lipinski definition) is 0. The fourth-order valence-corrected chi connectivity index (χ4v) is 8.88. The predicted octanol–water partition coefficient (Wildman–Crippen LogP) is 7.01. The number of allylic oxidation sites excluding steroid dienone is 6. The molecule has 5 fully saturated rings. The van der Waals surface area contributed by atoms with Gasteiger partial charge < -0.3 is 0 Å². The van der Waals surface area contributed by atoms with E-state index in [0.29, 0.717) is 29.3 Å². The standard InChI is InChI=1S/C30H40O2/c1-26(2)22-9-12-28(26,5)24(31)20(22)15-18-8-7-11-30(16-19(30)14-18)17-21-23-10-13-29(6,25(21)32)27(23,3)4/h14-15,17,19,22-23H,7-13,16H2,1-6H3/b20-15+,21-17+. The Balaban J connectivity index is 1.29. The fraction of sp³-hybridized carbons (Fsp3) is 0.733. The Labute approximate surface area is 194 Å². The SMILES string of the molecule is CC12CCC(/C(=C\C3=CC4CC4(/C=C4/C(=O)C5(C)CCC4C5(C)C)CCC3)C1=O)C2(C)C. The van der Waals surface area contributed by atoms with Gasteiger partial charge in [0.2, 0.25) is 0 Å². The first-order valence-electron chi connectivity index (χ1n) is 13.1. The first-order chi connectivity index (χ1) is 14.9. The number of rotatable bonds is 2. The second-order valence-corrected chi connectivity index (χ2v) is 13.8. The minimum atomic E-state index is -0.173. The number of carbonyl (C=O) groups excluding carboxylic acids is 2. The third-order valence-corrected chi connectivity index (χ3v) is 12.2. The zero-order valence-electron chi connectivity index (χ0n) is 20.9. The minimum absolute atomic E-state index is 0.0834. The van der Waals surface area contributed by atoms with E-state index in [1.165, 1.54) is 30.4 Å². The highest BCUT2D eigenvalue weighted by molar-refractivity contribution is 6.05. The van der Waals surface area contributed by atoms with Crippen LogP contribution in [0.2, 0.25) is 0 Å². The van der Waals surface area contributed by atoms with Gasteiger partial charge in [0.25, 0.3) is 0 Å². The molecule has 32 heavy (non-hydrogen) atoms. The van der Waals surface area contributed by atoms with Crippen molar-refractivity contribution in [2.45, 2.75) is 92.9 Å². The van der Waals surface area contributed by atoms with Crippen LogP contribution in [0.15, 0.2) is 34.9 Å². The van der Waals surface area contributed by atoms with Gasteiger partial charge in [-0.15, -0.1) is 0 Å². The van der Waals surface area contributed by atoms with E-state index in [1.807, 2.05) is 0 Å². The Hall–Kier alpha value is -1.44. The molecule has 6 rings (SSSR count). The molecule has 6 atom stereocenters. The van der Waals surface area contributed by atoms with Crippen LogP contribution in [0.3, 0.4) is 0 Å². The maximum absolute atomic E-state index is 13.4. The zero-order valence-corrected chi connectivity index (χ0v) is 20.9. The van der Waals surface area contributed by atoms with Crippen LogP contribution in [0.25, 0.3) is 0 Å². The van der Waals surface area contributed by atoms with Crippen molar-refractivity contribution >= 4 is 11.6 Å². The molecule has 0 saturated heterocycles. The summed E-state index contributed by atoms with van der Waals surface area (Å²) >= 11 is 0. The second-order valence-electron chi connectivity index (χ2n) is 13.8. The van der Waals surface area contributed by atoms with Gasteiger partial charge in [-0.25, -0.2) is 0 Å². The van der Waals surface area contributed by atoms with E-state index in [-0.39, 0.29) is 27.1 Å². The maximum atomic E-state index is 13.4. The summed E-state index contributed by atoms with van der Waals surface area (Å²) in [5.74, 6) is 2.27. The molecule has 0 spiro atoms. The molecule has 6 unspecified atom stereocenters. The normalized spacial score (nSPS) is 50.2. The maximum Gasteiger partial charge on any atom is 0.165 e. The van der Waals surface area contributed by atoms with Gasteiger partial charge in [0, 0.05) is 10.8 Å². The third-order valence-electron chi connectivity index (χ3n) is 12.2. The van der Waals surface area contributed by atoms with E-state index in [2.05, 4.69) is 59.8 Å². The molecule has 0 amide bonds. The first kappa shape index (κ1) is 21.1. The lowest BCUT2D eigenvalue weighted by atomic mass is 9.70. The van der Waals surface area contributed by atoms with E-state index in [0.717, 1.165) is 37.7 Å². The summed E-state index contributed by atoms with van der Waals surface area (Å²) in [6, 6.07) is 0. The summed E-state index contributed by atoms with van der Waals surface area (Å²) in [4.78, 5) is 26.7. The molecule has 0 aromatic carbocycles. The molecule has 2 nitrogen and oxygen atoms in total. The van der Waals surface area contributed by atoms with E-state index in [1.54, 1.807) is 0 Å². The Morgan fingerprint density at radius 1 is 0.812 bits per heavy atom. The van der Waals surface area contributed by atoms with Gasteiger partial charge >= 0.3 is 0 Å².